The summed E-state index contributed by atoms with van der Waals surface area (Å²) in [5.41, 5.74) is 6.85. The van der Waals surface area contributed by atoms with E-state index < -0.39 is 11.9 Å². The minimum atomic E-state index is -0.528. The summed E-state index contributed by atoms with van der Waals surface area (Å²) < 4.78 is 18.5. The summed E-state index contributed by atoms with van der Waals surface area (Å²) in [6.07, 6.45) is -0.420. The first-order valence-electron chi connectivity index (χ1n) is 6.54. The first-order valence-corrected chi connectivity index (χ1v) is 6.54. The third kappa shape index (κ3) is 3.13. The average Bonchev–Trinajstić information content (AvgIpc) is 2.45. The Morgan fingerprint density at radius 1 is 1.45 bits per heavy atom. The Morgan fingerprint density at radius 3 is 2.73 bits per heavy atom. The molecule has 8 nitrogen and oxygen atoms in total. The summed E-state index contributed by atoms with van der Waals surface area (Å²) in [6.45, 7) is 2.46. The molecule has 0 radical (unpaired) electrons. The van der Waals surface area contributed by atoms with Gasteiger partial charge in [0.2, 0.25) is 5.84 Å². The summed E-state index contributed by atoms with van der Waals surface area (Å²) >= 11 is 0. The van der Waals surface area contributed by atoms with Gasteiger partial charge in [-0.25, -0.2) is 9.18 Å². The normalized spacial score (nSPS) is 16.0. The second kappa shape index (κ2) is 6.37. The zero-order chi connectivity index (χ0) is 16.3. The van der Waals surface area contributed by atoms with E-state index in [2.05, 4.69) is 20.1 Å². The van der Waals surface area contributed by atoms with Gasteiger partial charge in [0.05, 0.1) is 25.8 Å². The number of nitrogens with zero attached hydrogens (tertiary/aromatic N) is 4. The predicted octanol–water partition coefficient (Wildman–Crippen LogP) is 1.24. The fourth-order valence-electron chi connectivity index (χ4n) is 1.95. The van der Waals surface area contributed by atoms with Crippen molar-refractivity contribution in [2.75, 3.05) is 25.9 Å². The molecule has 0 atom stereocenters. The summed E-state index contributed by atoms with van der Waals surface area (Å²) in [6, 6.07) is 2.51. The van der Waals surface area contributed by atoms with Gasteiger partial charge in [0.15, 0.2) is 0 Å². The van der Waals surface area contributed by atoms with Gasteiger partial charge in [-0.3, -0.25) is 0 Å². The van der Waals surface area contributed by atoms with Crippen molar-refractivity contribution in [1.82, 2.24) is 4.90 Å². The monoisotopic (exact) mass is 308 g/mol. The van der Waals surface area contributed by atoms with E-state index in [9.17, 15) is 9.18 Å². The molecule has 0 saturated carbocycles. The number of amidine groups is 1. The van der Waals surface area contributed by atoms with Gasteiger partial charge in [-0.15, -0.1) is 5.11 Å². The van der Waals surface area contributed by atoms with Crippen LogP contribution in [0.5, 0.6) is 0 Å². The van der Waals surface area contributed by atoms with Gasteiger partial charge in [0.25, 0.3) is 0 Å². The van der Waals surface area contributed by atoms with Crippen LogP contribution in [0.15, 0.2) is 27.5 Å². The maximum atomic E-state index is 13.9. The van der Waals surface area contributed by atoms with Crippen LogP contribution in [0.2, 0.25) is 0 Å². The molecule has 0 bridgehead atoms. The Balaban J connectivity index is 2.07. The van der Waals surface area contributed by atoms with Crippen molar-refractivity contribution in [3.05, 3.63) is 29.1 Å². The minimum Gasteiger partial charge on any atom is -0.453 e. The standard InChI is InChI=1S/C13H17FN6O2/c1-7-3-10(14)9(4-11(7)15)12(17-16)19-18-8-5-20(6-8)13(21)22-2/h3-4,8H,5-6,15-16H2,1-2H3/b17-12-,19-18?. The minimum absolute atomic E-state index is 0.0549. The quantitative estimate of drug-likeness (QED) is 0.213. The van der Waals surface area contributed by atoms with Crippen LogP contribution in [0.3, 0.4) is 0 Å². The smallest absolute Gasteiger partial charge is 0.409 e. The fraction of sp³-hybridized carbons (Fsp3) is 0.385. The number of nitrogen functional groups attached to an aromatic ring is 1. The van der Waals surface area contributed by atoms with Crippen molar-refractivity contribution in [3.8, 4) is 0 Å². The predicted molar refractivity (Wildman–Crippen MR) is 78.9 cm³/mol. The van der Waals surface area contributed by atoms with Gasteiger partial charge >= 0.3 is 6.09 Å². The van der Waals surface area contributed by atoms with Gasteiger partial charge in [-0.1, -0.05) is 0 Å². The molecule has 22 heavy (non-hydrogen) atoms. The first kappa shape index (κ1) is 15.7. The Kier molecular flexibility index (Phi) is 4.54. The van der Waals surface area contributed by atoms with Crippen LogP contribution >= 0.6 is 0 Å². The number of hydrogen-bond acceptors (Lipinski definition) is 6. The molecule has 1 saturated heterocycles. The van der Waals surface area contributed by atoms with E-state index in [0.29, 0.717) is 24.3 Å². The second-order valence-corrected chi connectivity index (χ2v) is 4.89. The lowest BCUT2D eigenvalue weighted by molar-refractivity contribution is 0.0885. The van der Waals surface area contributed by atoms with Crippen molar-refractivity contribution in [2.45, 2.75) is 13.0 Å². The van der Waals surface area contributed by atoms with Crippen LogP contribution in [0, 0.1) is 12.7 Å². The molecular weight excluding hydrogens is 291 g/mol. The van der Waals surface area contributed by atoms with Gasteiger partial charge in [0, 0.05) is 5.69 Å². The van der Waals surface area contributed by atoms with Crippen molar-refractivity contribution in [2.24, 2.45) is 21.2 Å². The molecule has 2 rings (SSSR count). The number of ether oxygens (including phenoxy) is 1. The lowest BCUT2D eigenvalue weighted by atomic mass is 10.1. The summed E-state index contributed by atoms with van der Waals surface area (Å²) in [7, 11) is 1.31. The number of hydrogen-bond donors (Lipinski definition) is 2. The molecule has 0 aliphatic carbocycles. The van der Waals surface area contributed by atoms with Crippen molar-refractivity contribution < 1.29 is 13.9 Å². The SMILES string of the molecule is COC(=O)N1CC(N=N/C(=N\N)c2cc(N)c(C)cc2F)C1. The van der Waals surface area contributed by atoms with Crippen LogP contribution in [-0.4, -0.2) is 43.1 Å². The molecule has 4 N–H and O–H groups in total. The Bertz CT molecular complexity index is 640. The van der Waals surface area contributed by atoms with Gasteiger partial charge < -0.3 is 21.2 Å². The Hall–Kier alpha value is -2.71. The highest BCUT2D eigenvalue weighted by atomic mass is 19.1. The highest BCUT2D eigenvalue weighted by Crippen LogP contribution is 2.19. The molecule has 1 aliphatic rings. The van der Waals surface area contributed by atoms with Gasteiger partial charge in [-0.2, -0.15) is 10.2 Å². The molecule has 1 heterocycles. The van der Waals surface area contributed by atoms with Crippen molar-refractivity contribution in [1.29, 1.82) is 0 Å². The van der Waals surface area contributed by atoms with Crippen molar-refractivity contribution >= 4 is 17.6 Å². The summed E-state index contributed by atoms with van der Waals surface area (Å²) in [5.74, 6) is 4.66. The van der Waals surface area contributed by atoms with Gasteiger partial charge in [-0.05, 0) is 24.6 Å². The molecule has 0 aromatic heterocycles. The topological polar surface area (TPSA) is 119 Å². The Morgan fingerprint density at radius 2 is 2.14 bits per heavy atom. The zero-order valence-corrected chi connectivity index (χ0v) is 12.3. The number of benzene rings is 1. The molecule has 1 aromatic rings. The highest BCUT2D eigenvalue weighted by Gasteiger charge is 2.31. The number of halogens is 1. The fourth-order valence-corrected chi connectivity index (χ4v) is 1.95. The molecule has 0 spiro atoms. The van der Waals surface area contributed by atoms with Crippen LogP contribution in [-0.2, 0) is 4.74 Å². The number of amides is 1. The number of azo groups is 1. The second-order valence-electron chi connectivity index (χ2n) is 4.89. The molecule has 1 fully saturated rings. The number of hydrazone groups is 1. The average molecular weight is 308 g/mol. The highest BCUT2D eigenvalue weighted by molar-refractivity contribution is 6.00. The molecule has 0 unspecified atom stereocenters. The number of nitrogens with two attached hydrogens (primary N) is 2. The summed E-state index contributed by atoms with van der Waals surface area (Å²) in [4.78, 5) is 12.7. The van der Waals surface area contributed by atoms with E-state index in [-0.39, 0.29) is 17.4 Å². The van der Waals surface area contributed by atoms with Gasteiger partial charge in [0.1, 0.15) is 11.9 Å². The van der Waals surface area contributed by atoms with Crippen LogP contribution in [0.25, 0.3) is 0 Å². The number of carbonyl (C=O) groups is 1. The van der Waals surface area contributed by atoms with E-state index in [1.807, 2.05) is 0 Å². The maximum Gasteiger partial charge on any atom is 0.409 e. The first-order chi connectivity index (χ1) is 10.5. The maximum absolute atomic E-state index is 13.9. The number of methoxy groups -OCH3 is 1. The largest absolute Gasteiger partial charge is 0.453 e. The van der Waals surface area contributed by atoms with Crippen LogP contribution in [0.4, 0.5) is 14.9 Å². The number of rotatable bonds is 2. The molecular formula is C13H17FN6O2. The zero-order valence-electron chi connectivity index (χ0n) is 12.3. The number of anilines is 1. The molecule has 9 heteroatoms. The van der Waals surface area contributed by atoms with Crippen LogP contribution in [0.1, 0.15) is 11.1 Å². The van der Waals surface area contributed by atoms with E-state index in [1.165, 1.54) is 24.1 Å². The third-order valence-corrected chi connectivity index (χ3v) is 3.33. The lowest BCUT2D eigenvalue weighted by Gasteiger charge is -2.34. The lowest BCUT2D eigenvalue weighted by Crippen LogP contribution is -2.52. The third-order valence-electron chi connectivity index (χ3n) is 3.33. The van der Waals surface area contributed by atoms with Crippen LogP contribution < -0.4 is 11.6 Å². The Labute approximate surface area is 126 Å². The summed E-state index contributed by atoms with van der Waals surface area (Å²) in [5, 5.41) is 11.3. The molecule has 1 aliphatic heterocycles. The molecule has 118 valence electrons. The number of carbonyl (C=O) groups excluding carboxylic acids is 1. The molecule has 1 aromatic carbocycles. The number of aryl methyl sites for hydroxylation is 1. The van der Waals surface area contributed by atoms with Crippen molar-refractivity contribution in [3.63, 3.8) is 0 Å². The van der Waals surface area contributed by atoms with E-state index in [1.54, 1.807) is 6.92 Å². The van der Waals surface area contributed by atoms with E-state index in [4.69, 9.17) is 11.6 Å². The number of likely N-dealkylation sites (tertiary alicyclic amines) is 1. The molecule has 1 amide bonds. The van der Waals surface area contributed by atoms with E-state index in [0.717, 1.165) is 0 Å². The van der Waals surface area contributed by atoms with E-state index >= 15 is 0 Å².